The summed E-state index contributed by atoms with van der Waals surface area (Å²) < 4.78 is 6.10. The number of rotatable bonds is 9. The average molecular weight is 510 g/mol. The van der Waals surface area contributed by atoms with Crippen LogP contribution in [0, 0.1) is 17.8 Å². The molecule has 6 rings (SSSR count). The molecule has 0 spiro atoms. The normalized spacial score (nSPS) is 22.5. The summed E-state index contributed by atoms with van der Waals surface area (Å²) in [6.45, 7) is 5.36. The van der Waals surface area contributed by atoms with Gasteiger partial charge < -0.3 is 15.0 Å². The number of carbonyl (C=O) groups is 1. The molecule has 1 amide bonds. The van der Waals surface area contributed by atoms with E-state index in [2.05, 4.69) is 73.6 Å². The van der Waals surface area contributed by atoms with Crippen molar-refractivity contribution in [1.29, 1.82) is 0 Å². The minimum atomic E-state index is -0.0605. The van der Waals surface area contributed by atoms with Gasteiger partial charge in [-0.1, -0.05) is 30.4 Å². The molecular formula is C31H35N5O2. The first-order valence-corrected chi connectivity index (χ1v) is 13.7. The van der Waals surface area contributed by atoms with Crippen molar-refractivity contribution in [3.63, 3.8) is 0 Å². The van der Waals surface area contributed by atoms with Gasteiger partial charge in [-0.05, 0) is 67.0 Å². The maximum absolute atomic E-state index is 12.6. The molecule has 2 aromatic carbocycles. The first-order chi connectivity index (χ1) is 18.7. The SMILES string of the molecule is O=C(COc1ccc(-c2ncccn2)cc1CN1CCN(c2ccccc2)CC1)NC[C@@H]1C[C@H]2C=C[C@@H]1C2. The van der Waals surface area contributed by atoms with Crippen molar-refractivity contribution in [1.82, 2.24) is 20.2 Å². The van der Waals surface area contributed by atoms with E-state index in [0.29, 0.717) is 23.6 Å². The van der Waals surface area contributed by atoms with Gasteiger partial charge in [-0.25, -0.2) is 9.97 Å². The minimum absolute atomic E-state index is 0.0205. The Morgan fingerprint density at radius 2 is 1.76 bits per heavy atom. The Hall–Kier alpha value is -3.71. The lowest BCUT2D eigenvalue weighted by Gasteiger charge is -2.36. The van der Waals surface area contributed by atoms with Crippen molar-refractivity contribution in [2.24, 2.45) is 17.8 Å². The second-order valence-corrected chi connectivity index (χ2v) is 10.6. The molecule has 2 heterocycles. The molecule has 7 nitrogen and oxygen atoms in total. The maximum Gasteiger partial charge on any atom is 0.257 e. The van der Waals surface area contributed by atoms with Crippen LogP contribution in [0.2, 0.25) is 0 Å². The summed E-state index contributed by atoms with van der Waals surface area (Å²) in [6, 6.07) is 18.4. The highest BCUT2D eigenvalue weighted by Crippen LogP contribution is 2.42. The average Bonchev–Trinajstić information content (AvgIpc) is 3.61. The number of anilines is 1. The number of nitrogens with one attached hydrogen (secondary N) is 1. The van der Waals surface area contributed by atoms with Crippen molar-refractivity contribution in [3.05, 3.63) is 84.7 Å². The van der Waals surface area contributed by atoms with Crippen LogP contribution in [0.5, 0.6) is 5.75 Å². The Bertz CT molecular complexity index is 1260. The van der Waals surface area contributed by atoms with Gasteiger partial charge in [0.15, 0.2) is 12.4 Å². The monoisotopic (exact) mass is 509 g/mol. The zero-order valence-electron chi connectivity index (χ0n) is 21.7. The first-order valence-electron chi connectivity index (χ1n) is 13.7. The van der Waals surface area contributed by atoms with Crippen LogP contribution in [-0.4, -0.2) is 60.1 Å². The standard InChI is InChI=1S/C31H35N5O2/c37-30(34-20-26-18-23-7-8-24(26)17-23)22-38-29-10-9-25(31-32-11-4-12-33-31)19-27(29)21-35-13-15-36(16-14-35)28-5-2-1-3-6-28/h1-12,19,23-24,26H,13-18,20-22H2,(H,34,37)/t23-,24+,26-/m0/s1. The molecule has 1 saturated carbocycles. The number of hydrogen-bond acceptors (Lipinski definition) is 6. The van der Waals surface area contributed by atoms with Gasteiger partial charge in [-0.3, -0.25) is 9.69 Å². The van der Waals surface area contributed by atoms with Gasteiger partial charge in [-0.15, -0.1) is 0 Å². The number of carbonyl (C=O) groups excluding carboxylic acids is 1. The molecule has 0 radical (unpaired) electrons. The van der Waals surface area contributed by atoms with Gasteiger partial charge in [0, 0.05) is 68.5 Å². The fourth-order valence-corrected chi connectivity index (χ4v) is 6.04. The van der Waals surface area contributed by atoms with Gasteiger partial charge in [0.1, 0.15) is 5.75 Å². The fourth-order valence-electron chi connectivity index (χ4n) is 6.04. The summed E-state index contributed by atoms with van der Waals surface area (Å²) in [5.41, 5.74) is 3.27. The summed E-state index contributed by atoms with van der Waals surface area (Å²) in [5, 5.41) is 3.10. The second-order valence-electron chi connectivity index (χ2n) is 10.6. The molecule has 7 heteroatoms. The molecule has 1 N–H and O–H groups in total. The van der Waals surface area contributed by atoms with E-state index in [1.54, 1.807) is 12.4 Å². The Balaban J connectivity index is 1.10. The van der Waals surface area contributed by atoms with Crippen LogP contribution in [0.25, 0.3) is 11.4 Å². The van der Waals surface area contributed by atoms with E-state index in [0.717, 1.165) is 56.1 Å². The van der Waals surface area contributed by atoms with Crippen molar-refractivity contribution in [2.75, 3.05) is 44.2 Å². The number of allylic oxidation sites excluding steroid dienone is 2. The first kappa shape index (κ1) is 24.6. The summed E-state index contributed by atoms with van der Waals surface area (Å²) in [7, 11) is 0. The number of piperazine rings is 1. The van der Waals surface area contributed by atoms with Crippen molar-refractivity contribution < 1.29 is 9.53 Å². The van der Waals surface area contributed by atoms with E-state index in [-0.39, 0.29) is 12.5 Å². The molecule has 3 atom stereocenters. The Morgan fingerprint density at radius 3 is 2.50 bits per heavy atom. The lowest BCUT2D eigenvalue weighted by atomic mass is 9.94. The van der Waals surface area contributed by atoms with Crippen molar-refractivity contribution in [3.8, 4) is 17.1 Å². The smallest absolute Gasteiger partial charge is 0.257 e. The molecule has 2 aliphatic carbocycles. The molecule has 1 aliphatic heterocycles. The Kier molecular flexibility index (Phi) is 7.36. The van der Waals surface area contributed by atoms with Crippen LogP contribution in [0.1, 0.15) is 18.4 Å². The number of aromatic nitrogens is 2. The van der Waals surface area contributed by atoms with Crippen LogP contribution < -0.4 is 15.0 Å². The van der Waals surface area contributed by atoms with E-state index >= 15 is 0 Å². The highest BCUT2D eigenvalue weighted by molar-refractivity contribution is 5.77. The maximum atomic E-state index is 12.6. The van der Waals surface area contributed by atoms with E-state index in [9.17, 15) is 4.79 Å². The molecule has 0 unspecified atom stereocenters. The second kappa shape index (κ2) is 11.4. The topological polar surface area (TPSA) is 70.6 Å². The van der Waals surface area contributed by atoms with Gasteiger partial charge in [0.05, 0.1) is 0 Å². The van der Waals surface area contributed by atoms with E-state index in [1.165, 1.54) is 18.5 Å². The molecule has 2 fully saturated rings. The number of hydrogen-bond donors (Lipinski definition) is 1. The predicted molar refractivity (Wildman–Crippen MR) is 149 cm³/mol. The Labute approximate surface area is 224 Å². The van der Waals surface area contributed by atoms with Crippen LogP contribution in [0.15, 0.2) is 79.1 Å². The lowest BCUT2D eigenvalue weighted by molar-refractivity contribution is -0.123. The van der Waals surface area contributed by atoms with Gasteiger partial charge in [-0.2, -0.15) is 0 Å². The molecule has 1 saturated heterocycles. The van der Waals surface area contributed by atoms with Crippen LogP contribution in [0.4, 0.5) is 5.69 Å². The third-order valence-electron chi connectivity index (χ3n) is 8.11. The van der Waals surface area contributed by atoms with Gasteiger partial charge in [0.25, 0.3) is 5.91 Å². The van der Waals surface area contributed by atoms with Crippen LogP contribution >= 0.6 is 0 Å². The highest BCUT2D eigenvalue weighted by Gasteiger charge is 2.35. The van der Waals surface area contributed by atoms with Crippen LogP contribution in [-0.2, 0) is 11.3 Å². The van der Waals surface area contributed by atoms with Crippen molar-refractivity contribution >= 4 is 11.6 Å². The van der Waals surface area contributed by atoms with E-state index < -0.39 is 0 Å². The van der Waals surface area contributed by atoms with E-state index in [4.69, 9.17) is 4.74 Å². The Morgan fingerprint density at radius 1 is 0.947 bits per heavy atom. The molecule has 196 valence electrons. The summed E-state index contributed by atoms with van der Waals surface area (Å²) in [5.74, 6) is 3.27. The summed E-state index contributed by atoms with van der Waals surface area (Å²) in [4.78, 5) is 26.4. The lowest BCUT2D eigenvalue weighted by Crippen LogP contribution is -2.46. The van der Waals surface area contributed by atoms with Gasteiger partial charge >= 0.3 is 0 Å². The predicted octanol–water partition coefficient (Wildman–Crippen LogP) is 4.17. The summed E-state index contributed by atoms with van der Waals surface area (Å²) >= 11 is 0. The van der Waals surface area contributed by atoms with Gasteiger partial charge in [0.2, 0.25) is 0 Å². The largest absolute Gasteiger partial charge is 0.483 e. The van der Waals surface area contributed by atoms with E-state index in [1.807, 2.05) is 18.2 Å². The number of ether oxygens (including phenoxy) is 1. The number of para-hydroxylation sites is 1. The summed E-state index contributed by atoms with van der Waals surface area (Å²) in [6.07, 6.45) is 10.6. The third kappa shape index (κ3) is 5.73. The minimum Gasteiger partial charge on any atom is -0.483 e. The molecule has 1 aromatic heterocycles. The number of fused-ring (bicyclic) bond motifs is 2. The zero-order valence-corrected chi connectivity index (χ0v) is 21.7. The fraction of sp³-hybridized carbons (Fsp3) is 0.387. The number of benzene rings is 2. The van der Waals surface area contributed by atoms with Crippen LogP contribution in [0.3, 0.4) is 0 Å². The molecule has 2 bridgehead atoms. The third-order valence-corrected chi connectivity index (χ3v) is 8.11. The molecular weight excluding hydrogens is 474 g/mol. The molecule has 3 aliphatic rings. The molecule has 38 heavy (non-hydrogen) atoms. The number of amides is 1. The highest BCUT2D eigenvalue weighted by atomic mass is 16.5. The zero-order chi connectivity index (χ0) is 25.7. The number of nitrogens with zero attached hydrogens (tertiary/aromatic N) is 4. The molecule has 3 aromatic rings. The quantitative estimate of drug-likeness (QED) is 0.437. The van der Waals surface area contributed by atoms with Crippen molar-refractivity contribution in [2.45, 2.75) is 19.4 Å².